The Morgan fingerprint density at radius 2 is 1.88 bits per heavy atom. The fourth-order valence-corrected chi connectivity index (χ4v) is 5.77. The number of nitrogens with one attached hydrogen (secondary N) is 2. The number of carbonyl (C=O) groups excluding carboxylic acids is 1. The number of hydrogen-bond acceptors (Lipinski definition) is 3. The smallest absolute Gasteiger partial charge is 0.401 e. The van der Waals surface area contributed by atoms with Crippen LogP contribution in [0.25, 0.3) is 10.9 Å². The van der Waals surface area contributed by atoms with Gasteiger partial charge in [-0.2, -0.15) is 13.2 Å². The van der Waals surface area contributed by atoms with E-state index in [2.05, 4.69) is 10.3 Å². The monoisotopic (exact) mass is 467 g/mol. The molecule has 5 nitrogen and oxygen atoms in total. The molecule has 5 rings (SSSR count). The highest BCUT2D eigenvalue weighted by molar-refractivity contribution is 6.03. The molecule has 0 unspecified atom stereocenters. The van der Waals surface area contributed by atoms with Crippen LogP contribution in [0.5, 0.6) is 5.75 Å². The lowest BCUT2D eigenvalue weighted by molar-refractivity contribution is -0.144. The molecule has 2 heterocycles. The van der Waals surface area contributed by atoms with Crippen LogP contribution in [0.4, 0.5) is 23.2 Å². The molecule has 2 N–H and O–H groups in total. The number of hydrogen-bond donors (Lipinski definition) is 2. The molecule has 3 fully saturated rings. The number of aromatic nitrogens is 1. The third kappa shape index (κ3) is 5.13. The number of likely N-dealkylation sites (tertiary alicyclic amines) is 1. The predicted octanol–water partition coefficient (Wildman–Crippen LogP) is 5.14. The van der Waals surface area contributed by atoms with Gasteiger partial charge < -0.3 is 15.0 Å². The van der Waals surface area contributed by atoms with Gasteiger partial charge >= 0.3 is 6.18 Å². The average molecular weight is 468 g/mol. The van der Waals surface area contributed by atoms with Gasteiger partial charge in [0, 0.05) is 36.1 Å². The number of alkyl halides is 4. The number of benzene rings is 1. The van der Waals surface area contributed by atoms with Gasteiger partial charge in [-0.05, 0) is 68.1 Å². The molecule has 1 aromatic heterocycles. The zero-order chi connectivity index (χ0) is 23.2. The molecule has 0 bridgehead atoms. The van der Waals surface area contributed by atoms with E-state index in [0.29, 0.717) is 48.9 Å². The minimum atomic E-state index is -4.12. The predicted molar refractivity (Wildman–Crippen MR) is 117 cm³/mol. The lowest BCUT2D eigenvalue weighted by Crippen LogP contribution is -2.35. The second kappa shape index (κ2) is 8.81. The minimum Gasteiger partial charge on any atom is -0.494 e. The van der Waals surface area contributed by atoms with Crippen molar-refractivity contribution in [2.24, 2.45) is 23.7 Å². The number of anilines is 1. The first kappa shape index (κ1) is 22.5. The van der Waals surface area contributed by atoms with Gasteiger partial charge in [0.2, 0.25) is 5.91 Å². The zero-order valence-electron chi connectivity index (χ0n) is 18.3. The Morgan fingerprint density at radius 3 is 2.55 bits per heavy atom. The first-order valence-electron chi connectivity index (χ1n) is 11.7. The molecule has 2 aliphatic carbocycles. The summed E-state index contributed by atoms with van der Waals surface area (Å²) in [6.45, 7) is 0.850. The maximum atomic E-state index is 13.0. The number of amides is 1. The third-order valence-electron chi connectivity index (χ3n) is 7.48. The van der Waals surface area contributed by atoms with Crippen molar-refractivity contribution in [1.82, 2.24) is 9.88 Å². The fourth-order valence-electron chi connectivity index (χ4n) is 5.77. The number of aromatic amines is 1. The Kier molecular flexibility index (Phi) is 6.01. The van der Waals surface area contributed by atoms with Crippen molar-refractivity contribution in [1.29, 1.82) is 0 Å². The molecule has 3 aliphatic rings. The molecular formula is C24H29F4N3O2. The largest absolute Gasteiger partial charge is 0.494 e. The highest BCUT2D eigenvalue weighted by Gasteiger charge is 2.43. The Morgan fingerprint density at radius 1 is 1.15 bits per heavy atom. The van der Waals surface area contributed by atoms with Crippen LogP contribution in [0.1, 0.15) is 32.1 Å². The number of rotatable bonds is 7. The van der Waals surface area contributed by atoms with Gasteiger partial charge in [-0.25, -0.2) is 4.39 Å². The number of nitrogens with zero attached hydrogens (tertiary/aromatic N) is 1. The number of fused-ring (bicyclic) bond motifs is 2. The van der Waals surface area contributed by atoms with Crippen LogP contribution in [0.2, 0.25) is 0 Å². The molecule has 9 heteroatoms. The number of ether oxygens (including phenoxy) is 1. The van der Waals surface area contributed by atoms with E-state index >= 15 is 0 Å². The SMILES string of the molecule is O=C(Nc1c[nH]c2ccc(OCC[C@@H]3C[C@@H]4CN(CC(F)(F)F)C[C@@H]4C3)cc12)C1CC(F)C1. The number of halogens is 4. The number of carbonyl (C=O) groups is 1. The van der Waals surface area contributed by atoms with E-state index in [-0.39, 0.29) is 24.7 Å². The second-order valence-corrected chi connectivity index (χ2v) is 9.97. The van der Waals surface area contributed by atoms with Crippen LogP contribution in [0.3, 0.4) is 0 Å². The van der Waals surface area contributed by atoms with Crippen LogP contribution in [0.15, 0.2) is 24.4 Å². The summed E-state index contributed by atoms with van der Waals surface area (Å²) in [7, 11) is 0. The summed E-state index contributed by atoms with van der Waals surface area (Å²) < 4.78 is 56.9. The van der Waals surface area contributed by atoms with Gasteiger partial charge in [-0.15, -0.1) is 0 Å². The quantitative estimate of drug-likeness (QED) is 0.554. The first-order chi connectivity index (χ1) is 15.7. The minimum absolute atomic E-state index is 0.156. The Bertz CT molecular complexity index is 987. The summed E-state index contributed by atoms with van der Waals surface area (Å²) >= 11 is 0. The third-order valence-corrected chi connectivity index (χ3v) is 7.48. The van der Waals surface area contributed by atoms with Crippen molar-refractivity contribution in [2.45, 2.75) is 44.5 Å². The van der Waals surface area contributed by atoms with Gasteiger partial charge in [-0.1, -0.05) is 0 Å². The highest BCUT2D eigenvalue weighted by atomic mass is 19.4. The van der Waals surface area contributed by atoms with Crippen molar-refractivity contribution in [2.75, 3.05) is 31.6 Å². The van der Waals surface area contributed by atoms with Gasteiger partial charge in [0.05, 0.1) is 18.8 Å². The molecule has 1 saturated heterocycles. The summed E-state index contributed by atoms with van der Waals surface area (Å²) in [5, 5.41) is 3.73. The molecule has 1 amide bonds. The van der Waals surface area contributed by atoms with Gasteiger partial charge in [0.25, 0.3) is 0 Å². The van der Waals surface area contributed by atoms with Crippen molar-refractivity contribution in [3.8, 4) is 5.75 Å². The van der Waals surface area contributed by atoms with Gasteiger partial charge in [-0.3, -0.25) is 9.69 Å². The lowest BCUT2D eigenvalue weighted by atomic mass is 9.83. The highest BCUT2D eigenvalue weighted by Crippen LogP contribution is 2.43. The second-order valence-electron chi connectivity index (χ2n) is 9.97. The summed E-state index contributed by atoms with van der Waals surface area (Å²) in [5.41, 5.74) is 1.54. The first-order valence-corrected chi connectivity index (χ1v) is 11.7. The van der Waals surface area contributed by atoms with Crippen molar-refractivity contribution < 1.29 is 27.1 Å². The summed E-state index contributed by atoms with van der Waals surface area (Å²) in [5.74, 6) is 1.50. The van der Waals surface area contributed by atoms with Crippen LogP contribution < -0.4 is 10.1 Å². The molecule has 180 valence electrons. The Labute approximate surface area is 189 Å². The molecule has 3 atom stereocenters. The van der Waals surface area contributed by atoms with Crippen LogP contribution in [0, 0.1) is 23.7 Å². The summed E-state index contributed by atoms with van der Waals surface area (Å²) in [6.07, 6.45) is 0.125. The Hall–Kier alpha value is -2.29. The van der Waals surface area contributed by atoms with Gasteiger partial charge in [0.15, 0.2) is 0 Å². The number of H-pyrrole nitrogens is 1. The van der Waals surface area contributed by atoms with Crippen molar-refractivity contribution >= 4 is 22.5 Å². The van der Waals surface area contributed by atoms with Crippen LogP contribution in [-0.4, -0.2) is 54.4 Å². The molecule has 0 radical (unpaired) electrons. The summed E-state index contributed by atoms with van der Waals surface area (Å²) in [4.78, 5) is 16.9. The molecular weight excluding hydrogens is 438 g/mol. The molecule has 2 saturated carbocycles. The molecule has 2 aromatic rings. The standard InChI is InChI=1S/C24H29F4N3O2/c25-18-7-15(8-18)23(32)30-22-10-29-21-2-1-19(9-20(21)22)33-4-3-14-5-16-11-31(12-17(16)6-14)13-24(26,27)28/h1-2,9-10,14-18,29H,3-8,11-13H2,(H,30,32)/t14-,15?,16-,17+,18?. The zero-order valence-corrected chi connectivity index (χ0v) is 18.3. The van der Waals surface area contributed by atoms with Crippen LogP contribution >= 0.6 is 0 Å². The van der Waals surface area contributed by atoms with E-state index in [4.69, 9.17) is 4.74 Å². The van der Waals surface area contributed by atoms with E-state index < -0.39 is 18.9 Å². The van der Waals surface area contributed by atoms with E-state index in [0.717, 1.165) is 30.2 Å². The molecule has 1 aliphatic heterocycles. The van der Waals surface area contributed by atoms with Crippen molar-refractivity contribution in [3.05, 3.63) is 24.4 Å². The maximum Gasteiger partial charge on any atom is 0.401 e. The molecule has 1 aromatic carbocycles. The van der Waals surface area contributed by atoms with Gasteiger partial charge in [0.1, 0.15) is 11.9 Å². The van der Waals surface area contributed by atoms with Crippen molar-refractivity contribution in [3.63, 3.8) is 0 Å². The summed E-state index contributed by atoms with van der Waals surface area (Å²) in [6, 6.07) is 5.66. The van der Waals surface area contributed by atoms with E-state index in [1.807, 2.05) is 18.2 Å². The molecule has 33 heavy (non-hydrogen) atoms. The van der Waals surface area contributed by atoms with E-state index in [9.17, 15) is 22.4 Å². The van der Waals surface area contributed by atoms with E-state index in [1.165, 1.54) is 0 Å². The average Bonchev–Trinajstić information content (AvgIpc) is 3.37. The van der Waals surface area contributed by atoms with Crippen LogP contribution in [-0.2, 0) is 4.79 Å². The Balaban J connectivity index is 1.10. The topological polar surface area (TPSA) is 57.4 Å². The lowest BCUT2D eigenvalue weighted by Gasteiger charge is -2.28. The van der Waals surface area contributed by atoms with E-state index in [1.54, 1.807) is 11.1 Å². The normalized spacial score (nSPS) is 29.8. The molecule has 0 spiro atoms. The maximum absolute atomic E-state index is 13.0. The fraction of sp³-hybridized carbons (Fsp3) is 0.625.